The summed E-state index contributed by atoms with van der Waals surface area (Å²) in [6.07, 6.45) is 9.44. The number of aryl methyl sites for hydroxylation is 1. The van der Waals surface area contributed by atoms with Crippen LogP contribution < -0.4 is 5.32 Å². The SMILES string of the molecule is CSC1CCCC(Nc2ccnc(C)c2)C1. The molecule has 2 unspecified atom stereocenters. The summed E-state index contributed by atoms with van der Waals surface area (Å²) >= 11 is 2.01. The summed E-state index contributed by atoms with van der Waals surface area (Å²) in [6, 6.07) is 4.84. The molecule has 0 radical (unpaired) electrons. The fourth-order valence-corrected chi connectivity index (χ4v) is 3.19. The van der Waals surface area contributed by atoms with Crippen LogP contribution in [0, 0.1) is 6.92 Å². The molecule has 2 atom stereocenters. The van der Waals surface area contributed by atoms with Crippen LogP contribution in [-0.4, -0.2) is 22.5 Å². The molecule has 1 saturated carbocycles. The summed E-state index contributed by atoms with van der Waals surface area (Å²) < 4.78 is 0. The minimum absolute atomic E-state index is 0.646. The number of hydrogen-bond acceptors (Lipinski definition) is 3. The van der Waals surface area contributed by atoms with Crippen LogP contribution in [0.2, 0.25) is 0 Å². The van der Waals surface area contributed by atoms with Gasteiger partial charge in [-0.1, -0.05) is 6.42 Å². The molecule has 1 N–H and O–H groups in total. The predicted octanol–water partition coefficient (Wildman–Crippen LogP) is 3.48. The third-order valence-electron chi connectivity index (χ3n) is 3.23. The van der Waals surface area contributed by atoms with Crippen molar-refractivity contribution in [3.05, 3.63) is 24.0 Å². The van der Waals surface area contributed by atoms with E-state index in [0.717, 1.165) is 10.9 Å². The number of rotatable bonds is 3. The fourth-order valence-electron chi connectivity index (χ4n) is 2.36. The van der Waals surface area contributed by atoms with Crippen LogP contribution in [0.3, 0.4) is 0 Å². The Balaban J connectivity index is 1.94. The van der Waals surface area contributed by atoms with Crippen molar-refractivity contribution in [2.75, 3.05) is 11.6 Å². The Morgan fingerprint density at radius 1 is 1.44 bits per heavy atom. The van der Waals surface area contributed by atoms with E-state index in [1.54, 1.807) is 0 Å². The zero-order valence-electron chi connectivity index (χ0n) is 10.1. The highest BCUT2D eigenvalue weighted by molar-refractivity contribution is 7.99. The highest BCUT2D eigenvalue weighted by Gasteiger charge is 2.20. The van der Waals surface area contributed by atoms with Gasteiger partial charge in [-0.05, 0) is 44.6 Å². The molecule has 1 aliphatic carbocycles. The molecule has 0 aromatic carbocycles. The molecule has 1 aromatic rings. The molecule has 1 heterocycles. The van der Waals surface area contributed by atoms with Gasteiger partial charge in [0.2, 0.25) is 0 Å². The number of hydrogen-bond donors (Lipinski definition) is 1. The Labute approximate surface area is 102 Å². The minimum atomic E-state index is 0.646. The van der Waals surface area contributed by atoms with E-state index >= 15 is 0 Å². The normalized spacial score (nSPS) is 25.4. The number of thioether (sulfide) groups is 1. The van der Waals surface area contributed by atoms with Crippen molar-refractivity contribution in [3.63, 3.8) is 0 Å². The van der Waals surface area contributed by atoms with E-state index in [0.29, 0.717) is 6.04 Å². The lowest BCUT2D eigenvalue weighted by molar-refractivity contribution is 0.473. The molecule has 1 aliphatic rings. The van der Waals surface area contributed by atoms with E-state index < -0.39 is 0 Å². The molecule has 2 rings (SSSR count). The number of anilines is 1. The maximum absolute atomic E-state index is 4.22. The fraction of sp³-hybridized carbons (Fsp3) is 0.615. The predicted molar refractivity (Wildman–Crippen MR) is 72.2 cm³/mol. The van der Waals surface area contributed by atoms with Crippen molar-refractivity contribution in [2.24, 2.45) is 0 Å². The van der Waals surface area contributed by atoms with Gasteiger partial charge in [-0.3, -0.25) is 4.98 Å². The van der Waals surface area contributed by atoms with Crippen LogP contribution in [0.1, 0.15) is 31.4 Å². The monoisotopic (exact) mass is 236 g/mol. The Bertz CT molecular complexity index is 340. The maximum atomic E-state index is 4.22. The number of nitrogens with one attached hydrogen (secondary N) is 1. The summed E-state index contributed by atoms with van der Waals surface area (Å²) in [7, 11) is 0. The molecule has 0 saturated heterocycles. The summed E-state index contributed by atoms with van der Waals surface area (Å²) in [5.41, 5.74) is 2.31. The Kier molecular flexibility index (Phi) is 4.10. The van der Waals surface area contributed by atoms with Crippen LogP contribution in [0.15, 0.2) is 18.3 Å². The lowest BCUT2D eigenvalue weighted by atomic mass is 9.95. The molecule has 0 spiro atoms. The lowest BCUT2D eigenvalue weighted by Crippen LogP contribution is -2.28. The van der Waals surface area contributed by atoms with Crippen molar-refractivity contribution in [2.45, 2.75) is 43.9 Å². The summed E-state index contributed by atoms with van der Waals surface area (Å²) in [5, 5.41) is 4.47. The molecule has 0 amide bonds. The van der Waals surface area contributed by atoms with Gasteiger partial charge in [-0.2, -0.15) is 11.8 Å². The molecule has 3 heteroatoms. The second-order valence-corrected chi connectivity index (χ2v) is 5.69. The van der Waals surface area contributed by atoms with Gasteiger partial charge in [0.05, 0.1) is 0 Å². The molecular weight excluding hydrogens is 216 g/mol. The molecular formula is C13H20N2S. The van der Waals surface area contributed by atoms with E-state index in [9.17, 15) is 0 Å². The van der Waals surface area contributed by atoms with Gasteiger partial charge in [0.15, 0.2) is 0 Å². The van der Waals surface area contributed by atoms with Crippen LogP contribution in [0.5, 0.6) is 0 Å². The van der Waals surface area contributed by atoms with E-state index in [4.69, 9.17) is 0 Å². The first-order chi connectivity index (χ1) is 7.78. The minimum Gasteiger partial charge on any atom is -0.382 e. The van der Waals surface area contributed by atoms with E-state index in [2.05, 4.69) is 28.7 Å². The van der Waals surface area contributed by atoms with Crippen molar-refractivity contribution >= 4 is 17.4 Å². The highest BCUT2D eigenvalue weighted by Crippen LogP contribution is 2.28. The van der Waals surface area contributed by atoms with E-state index in [1.165, 1.54) is 31.4 Å². The van der Waals surface area contributed by atoms with Gasteiger partial charge >= 0.3 is 0 Å². The van der Waals surface area contributed by atoms with Gasteiger partial charge in [0.1, 0.15) is 0 Å². The average Bonchev–Trinajstić information content (AvgIpc) is 2.29. The average molecular weight is 236 g/mol. The first-order valence-electron chi connectivity index (χ1n) is 6.00. The number of nitrogens with zero attached hydrogens (tertiary/aromatic N) is 1. The Hall–Kier alpha value is -0.700. The van der Waals surface area contributed by atoms with Gasteiger partial charge in [-0.25, -0.2) is 0 Å². The summed E-state index contributed by atoms with van der Waals surface area (Å²) in [5.74, 6) is 0. The third-order valence-corrected chi connectivity index (χ3v) is 4.32. The maximum Gasteiger partial charge on any atom is 0.0393 e. The Morgan fingerprint density at radius 2 is 2.31 bits per heavy atom. The second kappa shape index (κ2) is 5.58. The lowest BCUT2D eigenvalue weighted by Gasteiger charge is -2.29. The second-order valence-electron chi connectivity index (χ2n) is 4.55. The summed E-state index contributed by atoms with van der Waals surface area (Å²) in [6.45, 7) is 2.04. The molecule has 0 bridgehead atoms. The number of pyridine rings is 1. The van der Waals surface area contributed by atoms with Crippen LogP contribution >= 0.6 is 11.8 Å². The van der Waals surface area contributed by atoms with Crippen LogP contribution in [-0.2, 0) is 0 Å². The zero-order valence-corrected chi connectivity index (χ0v) is 10.9. The largest absolute Gasteiger partial charge is 0.382 e. The molecule has 88 valence electrons. The standard InChI is InChI=1S/C13H20N2S/c1-10-8-12(6-7-14-10)15-11-4-3-5-13(9-11)16-2/h6-8,11,13H,3-5,9H2,1-2H3,(H,14,15). The van der Waals surface area contributed by atoms with Crippen molar-refractivity contribution in [3.8, 4) is 0 Å². The van der Waals surface area contributed by atoms with Crippen LogP contribution in [0.25, 0.3) is 0 Å². The van der Waals surface area contributed by atoms with Gasteiger partial charge in [0, 0.05) is 28.9 Å². The van der Waals surface area contributed by atoms with Gasteiger partial charge < -0.3 is 5.32 Å². The molecule has 16 heavy (non-hydrogen) atoms. The van der Waals surface area contributed by atoms with Crippen molar-refractivity contribution in [1.82, 2.24) is 4.98 Å². The molecule has 0 aliphatic heterocycles. The zero-order chi connectivity index (χ0) is 11.4. The summed E-state index contributed by atoms with van der Waals surface area (Å²) in [4.78, 5) is 4.22. The number of aromatic nitrogens is 1. The Morgan fingerprint density at radius 3 is 3.06 bits per heavy atom. The third kappa shape index (κ3) is 3.14. The van der Waals surface area contributed by atoms with Gasteiger partial charge in [-0.15, -0.1) is 0 Å². The first-order valence-corrected chi connectivity index (χ1v) is 7.28. The van der Waals surface area contributed by atoms with Gasteiger partial charge in [0.25, 0.3) is 0 Å². The molecule has 2 nitrogen and oxygen atoms in total. The molecule has 1 fully saturated rings. The van der Waals surface area contributed by atoms with Crippen molar-refractivity contribution in [1.29, 1.82) is 0 Å². The molecule has 1 aromatic heterocycles. The topological polar surface area (TPSA) is 24.9 Å². The highest BCUT2D eigenvalue weighted by atomic mass is 32.2. The van der Waals surface area contributed by atoms with Crippen molar-refractivity contribution < 1.29 is 0 Å². The first kappa shape index (κ1) is 11.8. The van der Waals surface area contributed by atoms with E-state index in [-0.39, 0.29) is 0 Å². The quantitative estimate of drug-likeness (QED) is 0.869. The van der Waals surface area contributed by atoms with Crippen LogP contribution in [0.4, 0.5) is 5.69 Å². The smallest absolute Gasteiger partial charge is 0.0393 e. The van der Waals surface area contributed by atoms with E-state index in [1.807, 2.05) is 24.9 Å².